The minimum atomic E-state index is -0.720. The van der Waals surface area contributed by atoms with Crippen LogP contribution in [-0.2, 0) is 14.3 Å². The van der Waals surface area contributed by atoms with Gasteiger partial charge in [-0.15, -0.1) is 0 Å². The Morgan fingerprint density at radius 3 is 2.59 bits per heavy atom. The Balaban J connectivity index is 1.88. The summed E-state index contributed by atoms with van der Waals surface area (Å²) >= 11 is 0. The van der Waals surface area contributed by atoms with Crippen molar-refractivity contribution in [2.45, 2.75) is 31.0 Å². The molecule has 1 aliphatic heterocycles. The SMILES string of the molecule is O=C1CCC2(C[C@H]1[C@H](C[N+](=O)[O-])c1ccccc1)OCCO2. The lowest BCUT2D eigenvalue weighted by Gasteiger charge is -2.37. The standard InChI is InChI=1S/C16H19NO5/c18-15-6-7-16(21-8-9-22-16)10-13(15)14(11-17(19)20)12-4-2-1-3-5-12/h1-5,13-14H,6-11H2/t13-,14+/m0/s1. The molecule has 3 rings (SSSR count). The zero-order valence-electron chi connectivity index (χ0n) is 12.3. The average molecular weight is 305 g/mol. The number of carbonyl (C=O) groups excluding carboxylic acids is 1. The number of rotatable bonds is 4. The van der Waals surface area contributed by atoms with Crippen LogP contribution in [0.1, 0.15) is 30.7 Å². The molecule has 1 heterocycles. The number of ether oxygens (including phenoxy) is 2. The quantitative estimate of drug-likeness (QED) is 0.629. The smallest absolute Gasteiger partial charge is 0.211 e. The lowest BCUT2D eigenvalue weighted by molar-refractivity contribution is -0.484. The first-order valence-electron chi connectivity index (χ1n) is 7.57. The molecule has 2 aliphatic rings. The van der Waals surface area contributed by atoms with Crippen LogP contribution in [0.4, 0.5) is 0 Å². The molecule has 1 spiro atoms. The molecule has 6 heteroatoms. The first-order valence-corrected chi connectivity index (χ1v) is 7.57. The van der Waals surface area contributed by atoms with Crippen molar-refractivity contribution in [2.24, 2.45) is 5.92 Å². The fourth-order valence-corrected chi connectivity index (χ4v) is 3.50. The fourth-order valence-electron chi connectivity index (χ4n) is 3.50. The van der Waals surface area contributed by atoms with Crippen LogP contribution in [0.3, 0.4) is 0 Å². The second kappa shape index (κ2) is 6.14. The van der Waals surface area contributed by atoms with E-state index < -0.39 is 17.6 Å². The van der Waals surface area contributed by atoms with Crippen molar-refractivity contribution in [3.8, 4) is 0 Å². The van der Waals surface area contributed by atoms with Gasteiger partial charge in [0.05, 0.1) is 19.1 Å². The fraction of sp³-hybridized carbons (Fsp3) is 0.562. The van der Waals surface area contributed by atoms with Crippen LogP contribution < -0.4 is 0 Å². The number of Topliss-reactive ketones (excluding diaryl/α,β-unsaturated/α-hetero) is 1. The molecule has 0 N–H and O–H groups in total. The van der Waals surface area contributed by atoms with E-state index in [0.29, 0.717) is 32.5 Å². The monoisotopic (exact) mass is 305 g/mol. The maximum atomic E-state index is 12.4. The summed E-state index contributed by atoms with van der Waals surface area (Å²) in [5, 5.41) is 11.1. The molecule has 22 heavy (non-hydrogen) atoms. The van der Waals surface area contributed by atoms with Crippen molar-refractivity contribution < 1.29 is 19.2 Å². The number of hydrogen-bond acceptors (Lipinski definition) is 5. The van der Waals surface area contributed by atoms with Crippen molar-refractivity contribution in [3.63, 3.8) is 0 Å². The zero-order valence-corrected chi connectivity index (χ0v) is 12.3. The maximum Gasteiger partial charge on any atom is 0.211 e. The van der Waals surface area contributed by atoms with Crippen LogP contribution in [0.2, 0.25) is 0 Å². The predicted molar refractivity (Wildman–Crippen MR) is 78.0 cm³/mol. The average Bonchev–Trinajstić information content (AvgIpc) is 2.97. The number of nitro groups is 1. The van der Waals surface area contributed by atoms with Gasteiger partial charge in [-0.05, 0) is 5.56 Å². The zero-order chi connectivity index (χ0) is 15.6. The van der Waals surface area contributed by atoms with Crippen molar-refractivity contribution >= 4 is 5.78 Å². The lowest BCUT2D eigenvalue weighted by atomic mass is 9.73. The summed E-state index contributed by atoms with van der Waals surface area (Å²) < 4.78 is 11.4. The molecule has 6 nitrogen and oxygen atoms in total. The third-order valence-corrected chi connectivity index (χ3v) is 4.57. The van der Waals surface area contributed by atoms with Gasteiger partial charge in [-0.25, -0.2) is 0 Å². The lowest BCUT2D eigenvalue weighted by Crippen LogP contribution is -2.43. The number of benzene rings is 1. The molecule has 1 aromatic rings. The summed E-state index contributed by atoms with van der Waals surface area (Å²) in [7, 11) is 0. The van der Waals surface area contributed by atoms with E-state index in [0.717, 1.165) is 5.56 Å². The number of hydrogen-bond donors (Lipinski definition) is 0. The summed E-state index contributed by atoms with van der Waals surface area (Å²) in [6.07, 6.45) is 1.30. The van der Waals surface area contributed by atoms with E-state index in [1.807, 2.05) is 30.3 Å². The van der Waals surface area contributed by atoms with Gasteiger partial charge in [0.15, 0.2) is 5.79 Å². The molecule has 1 aliphatic carbocycles. The molecular weight excluding hydrogens is 286 g/mol. The van der Waals surface area contributed by atoms with Gasteiger partial charge < -0.3 is 9.47 Å². The molecule has 118 valence electrons. The van der Waals surface area contributed by atoms with Gasteiger partial charge in [-0.3, -0.25) is 14.9 Å². The van der Waals surface area contributed by atoms with E-state index in [2.05, 4.69) is 0 Å². The van der Waals surface area contributed by atoms with Crippen LogP contribution in [-0.4, -0.2) is 36.3 Å². The van der Waals surface area contributed by atoms with Gasteiger partial charge in [0.1, 0.15) is 5.78 Å². The minimum Gasteiger partial charge on any atom is -0.347 e. The van der Waals surface area contributed by atoms with E-state index in [4.69, 9.17) is 9.47 Å². The summed E-state index contributed by atoms with van der Waals surface area (Å²) in [5.41, 5.74) is 0.826. The van der Waals surface area contributed by atoms with E-state index >= 15 is 0 Å². The van der Waals surface area contributed by atoms with Crippen molar-refractivity contribution in [1.29, 1.82) is 0 Å². The molecule has 1 saturated heterocycles. The highest BCUT2D eigenvalue weighted by atomic mass is 16.7. The molecule has 1 saturated carbocycles. The summed E-state index contributed by atoms with van der Waals surface area (Å²) in [5.74, 6) is -1.52. The molecule has 0 radical (unpaired) electrons. The van der Waals surface area contributed by atoms with Crippen molar-refractivity contribution in [1.82, 2.24) is 0 Å². The summed E-state index contributed by atoms with van der Waals surface area (Å²) in [6.45, 7) is 0.787. The first-order chi connectivity index (χ1) is 10.6. The Morgan fingerprint density at radius 2 is 1.95 bits per heavy atom. The number of carbonyl (C=O) groups is 1. The molecule has 0 bridgehead atoms. The second-order valence-electron chi connectivity index (χ2n) is 5.92. The Morgan fingerprint density at radius 1 is 1.27 bits per heavy atom. The Kier molecular flexibility index (Phi) is 4.22. The summed E-state index contributed by atoms with van der Waals surface area (Å²) in [4.78, 5) is 23.1. The molecule has 1 aromatic carbocycles. The van der Waals surface area contributed by atoms with Gasteiger partial charge in [0.25, 0.3) is 0 Å². The third-order valence-electron chi connectivity index (χ3n) is 4.57. The van der Waals surface area contributed by atoms with Gasteiger partial charge in [-0.2, -0.15) is 0 Å². The maximum absolute atomic E-state index is 12.4. The topological polar surface area (TPSA) is 78.7 Å². The van der Waals surface area contributed by atoms with Crippen LogP contribution in [0.15, 0.2) is 30.3 Å². The highest BCUT2D eigenvalue weighted by molar-refractivity contribution is 5.83. The Bertz CT molecular complexity index is 553. The molecule has 0 amide bonds. The molecule has 0 aromatic heterocycles. The van der Waals surface area contributed by atoms with E-state index in [1.165, 1.54) is 0 Å². The van der Waals surface area contributed by atoms with Gasteiger partial charge in [0.2, 0.25) is 6.54 Å². The second-order valence-corrected chi connectivity index (χ2v) is 5.92. The molecular formula is C16H19NO5. The van der Waals surface area contributed by atoms with Gasteiger partial charge >= 0.3 is 0 Å². The Hall–Kier alpha value is -1.79. The third kappa shape index (κ3) is 3.03. The van der Waals surface area contributed by atoms with Crippen LogP contribution >= 0.6 is 0 Å². The van der Waals surface area contributed by atoms with Crippen molar-refractivity contribution in [2.75, 3.05) is 19.8 Å². The van der Waals surface area contributed by atoms with E-state index in [1.54, 1.807) is 0 Å². The minimum absolute atomic E-state index is 0.0698. The van der Waals surface area contributed by atoms with Crippen LogP contribution in [0, 0.1) is 16.0 Å². The molecule has 2 fully saturated rings. The summed E-state index contributed by atoms with van der Waals surface area (Å²) in [6, 6.07) is 9.24. The molecule has 2 atom stereocenters. The van der Waals surface area contributed by atoms with E-state index in [9.17, 15) is 14.9 Å². The van der Waals surface area contributed by atoms with Crippen molar-refractivity contribution in [3.05, 3.63) is 46.0 Å². The van der Waals surface area contributed by atoms with Gasteiger partial charge in [-0.1, -0.05) is 30.3 Å². The Labute approximate surface area is 128 Å². The van der Waals surface area contributed by atoms with Gasteiger partial charge in [0, 0.05) is 30.1 Å². The molecule has 0 unspecified atom stereocenters. The normalized spacial score (nSPS) is 25.3. The predicted octanol–water partition coefficient (Wildman–Crippen LogP) is 2.16. The highest BCUT2D eigenvalue weighted by Gasteiger charge is 2.48. The first kappa shape index (κ1) is 15.1. The number of nitrogens with zero attached hydrogens (tertiary/aromatic N) is 1. The van der Waals surface area contributed by atoms with E-state index in [-0.39, 0.29) is 17.3 Å². The van der Waals surface area contributed by atoms with Crippen LogP contribution in [0.25, 0.3) is 0 Å². The van der Waals surface area contributed by atoms with Crippen LogP contribution in [0.5, 0.6) is 0 Å². The largest absolute Gasteiger partial charge is 0.347 e. The number of ketones is 1. The highest BCUT2D eigenvalue weighted by Crippen LogP contribution is 2.42.